The first-order valence-electron chi connectivity index (χ1n) is 9.15. The van der Waals surface area contributed by atoms with E-state index in [1.54, 1.807) is 24.7 Å². The standard InChI is InChI=1S/C20H22O6/c1-18-9-14(11-5-8-24-10-11)25-16(21)12(18)3-6-19(2)15(18)13-4-7-20(19,23)17(22)26-13/h4-5,7-8,10,12-15,23H,3,6,9H2,1-2H3/t12-,13+,14?,15+,18+,19+,20+/m0/s1. The maximum Gasteiger partial charge on any atom is 0.343 e. The molecule has 26 heavy (non-hydrogen) atoms. The molecule has 138 valence electrons. The minimum Gasteiger partial charge on any atom is -0.472 e. The lowest BCUT2D eigenvalue weighted by Gasteiger charge is -2.65. The van der Waals surface area contributed by atoms with Crippen molar-refractivity contribution in [1.82, 2.24) is 0 Å². The highest BCUT2D eigenvalue weighted by atomic mass is 16.6. The quantitative estimate of drug-likeness (QED) is 0.613. The maximum atomic E-state index is 12.8. The maximum absolute atomic E-state index is 12.8. The first kappa shape index (κ1) is 16.1. The molecule has 6 nitrogen and oxygen atoms in total. The summed E-state index contributed by atoms with van der Waals surface area (Å²) in [6.45, 7) is 4.04. The molecule has 1 aromatic heterocycles. The number of cyclic esters (lactones) is 1. The molecule has 6 rings (SSSR count). The highest BCUT2D eigenvalue weighted by molar-refractivity contribution is 5.86. The summed E-state index contributed by atoms with van der Waals surface area (Å²) in [5.74, 6) is -1.20. The predicted octanol–water partition coefficient (Wildman–Crippen LogP) is 2.53. The van der Waals surface area contributed by atoms with Crippen LogP contribution in [0.25, 0.3) is 0 Å². The molecule has 0 spiro atoms. The topological polar surface area (TPSA) is 86.0 Å². The van der Waals surface area contributed by atoms with E-state index >= 15 is 0 Å². The van der Waals surface area contributed by atoms with Crippen molar-refractivity contribution in [2.24, 2.45) is 22.7 Å². The molecule has 2 bridgehead atoms. The largest absolute Gasteiger partial charge is 0.472 e. The number of aliphatic hydroxyl groups is 1. The molecule has 7 atom stereocenters. The SMILES string of the molecule is C[C@@]12CC(c3ccoc3)OC(=O)[C@@H]1CC[C@]1(C)[C@@H]2[C@H]2C=C[C@@]1(O)C(=O)O2. The Morgan fingerprint density at radius 2 is 2.04 bits per heavy atom. The van der Waals surface area contributed by atoms with E-state index in [4.69, 9.17) is 13.9 Å². The molecule has 2 saturated heterocycles. The minimum absolute atomic E-state index is 0.149. The summed E-state index contributed by atoms with van der Waals surface area (Å²) in [5, 5.41) is 11.2. The monoisotopic (exact) mass is 358 g/mol. The van der Waals surface area contributed by atoms with Crippen LogP contribution in [0.4, 0.5) is 0 Å². The van der Waals surface area contributed by atoms with Gasteiger partial charge in [0.25, 0.3) is 0 Å². The zero-order valence-corrected chi connectivity index (χ0v) is 14.8. The molecule has 1 aromatic rings. The van der Waals surface area contributed by atoms with Gasteiger partial charge < -0.3 is 19.0 Å². The Hall–Kier alpha value is -2.08. The number of fused-ring (bicyclic) bond motifs is 2. The Kier molecular flexibility index (Phi) is 2.97. The van der Waals surface area contributed by atoms with Gasteiger partial charge in [0, 0.05) is 16.9 Å². The second kappa shape index (κ2) is 4.80. The Balaban J connectivity index is 1.61. The molecule has 0 amide bonds. The van der Waals surface area contributed by atoms with Crippen LogP contribution in [0.15, 0.2) is 35.2 Å². The minimum atomic E-state index is -1.63. The first-order chi connectivity index (χ1) is 12.3. The number of hydrogen-bond acceptors (Lipinski definition) is 6. The van der Waals surface area contributed by atoms with Gasteiger partial charge in [-0.05, 0) is 42.9 Å². The van der Waals surface area contributed by atoms with Gasteiger partial charge in [0.05, 0.1) is 18.4 Å². The van der Waals surface area contributed by atoms with Crippen molar-refractivity contribution in [3.8, 4) is 0 Å². The molecule has 1 unspecified atom stereocenters. The molecule has 2 aliphatic carbocycles. The van der Waals surface area contributed by atoms with Crippen LogP contribution in [-0.4, -0.2) is 28.8 Å². The van der Waals surface area contributed by atoms with Crippen LogP contribution in [0.2, 0.25) is 0 Å². The van der Waals surface area contributed by atoms with Gasteiger partial charge in [-0.1, -0.05) is 13.8 Å². The predicted molar refractivity (Wildman–Crippen MR) is 88.6 cm³/mol. The van der Waals surface area contributed by atoms with Crippen molar-refractivity contribution in [1.29, 1.82) is 0 Å². The van der Waals surface area contributed by atoms with E-state index in [0.29, 0.717) is 19.3 Å². The Morgan fingerprint density at radius 3 is 2.73 bits per heavy atom. The fraction of sp³-hybridized carbons (Fsp3) is 0.600. The number of furan rings is 1. The summed E-state index contributed by atoms with van der Waals surface area (Å²) in [6.07, 6.45) is 7.52. The van der Waals surface area contributed by atoms with E-state index in [1.165, 1.54) is 0 Å². The number of carbonyl (C=O) groups excluding carboxylic acids is 2. The van der Waals surface area contributed by atoms with Gasteiger partial charge in [0.1, 0.15) is 12.2 Å². The van der Waals surface area contributed by atoms with Crippen LogP contribution < -0.4 is 0 Å². The molecule has 1 N–H and O–H groups in total. The molecule has 3 aliphatic heterocycles. The third-order valence-corrected chi connectivity index (χ3v) is 7.51. The normalized spacial score (nSPS) is 49.2. The van der Waals surface area contributed by atoms with Gasteiger partial charge in [-0.15, -0.1) is 0 Å². The van der Waals surface area contributed by atoms with Crippen LogP contribution in [0.5, 0.6) is 0 Å². The zero-order valence-electron chi connectivity index (χ0n) is 14.8. The van der Waals surface area contributed by atoms with Gasteiger partial charge in [0.2, 0.25) is 0 Å². The second-order valence-electron chi connectivity index (χ2n) is 8.67. The summed E-state index contributed by atoms with van der Waals surface area (Å²) >= 11 is 0. The third kappa shape index (κ3) is 1.71. The molecule has 6 heteroatoms. The van der Waals surface area contributed by atoms with Crippen LogP contribution in [0.3, 0.4) is 0 Å². The Bertz CT molecular complexity index is 812. The number of esters is 2. The van der Waals surface area contributed by atoms with Gasteiger partial charge in [-0.3, -0.25) is 4.79 Å². The van der Waals surface area contributed by atoms with Gasteiger partial charge in [-0.25, -0.2) is 4.79 Å². The summed E-state index contributed by atoms with van der Waals surface area (Å²) in [7, 11) is 0. The lowest BCUT2D eigenvalue weighted by molar-refractivity contribution is -0.259. The Morgan fingerprint density at radius 1 is 1.23 bits per heavy atom. The van der Waals surface area contributed by atoms with E-state index in [9.17, 15) is 14.7 Å². The summed E-state index contributed by atoms with van der Waals surface area (Å²) in [4.78, 5) is 25.2. The number of rotatable bonds is 1. The third-order valence-electron chi connectivity index (χ3n) is 7.51. The average molecular weight is 358 g/mol. The smallest absolute Gasteiger partial charge is 0.343 e. The second-order valence-corrected chi connectivity index (χ2v) is 8.67. The summed E-state index contributed by atoms with van der Waals surface area (Å²) in [6, 6.07) is 1.81. The van der Waals surface area contributed by atoms with Crippen molar-refractivity contribution in [2.45, 2.75) is 50.9 Å². The lowest BCUT2D eigenvalue weighted by Crippen LogP contribution is -2.72. The van der Waals surface area contributed by atoms with Crippen molar-refractivity contribution in [2.75, 3.05) is 0 Å². The molecular formula is C20H22O6. The summed E-state index contributed by atoms with van der Waals surface area (Å²) in [5.41, 5.74) is -1.91. The van der Waals surface area contributed by atoms with Crippen molar-refractivity contribution in [3.63, 3.8) is 0 Å². The van der Waals surface area contributed by atoms with Crippen molar-refractivity contribution < 1.29 is 28.6 Å². The van der Waals surface area contributed by atoms with E-state index in [1.807, 2.05) is 13.0 Å². The number of ether oxygens (including phenoxy) is 2. The fourth-order valence-corrected chi connectivity index (χ4v) is 6.16. The number of carbonyl (C=O) groups is 2. The Labute approximate surface area is 151 Å². The van der Waals surface area contributed by atoms with E-state index in [-0.39, 0.29) is 23.9 Å². The molecular weight excluding hydrogens is 336 g/mol. The molecule has 5 aliphatic rings. The molecule has 3 fully saturated rings. The molecule has 1 saturated carbocycles. The van der Waals surface area contributed by atoms with Gasteiger partial charge in [0.15, 0.2) is 5.60 Å². The highest BCUT2D eigenvalue weighted by Crippen LogP contribution is 2.67. The lowest BCUT2D eigenvalue weighted by atomic mass is 9.42. The molecule has 4 heterocycles. The van der Waals surface area contributed by atoms with Gasteiger partial charge >= 0.3 is 11.9 Å². The summed E-state index contributed by atoms with van der Waals surface area (Å²) < 4.78 is 16.4. The fourth-order valence-electron chi connectivity index (χ4n) is 6.16. The van der Waals surface area contributed by atoms with E-state index < -0.39 is 28.5 Å². The average Bonchev–Trinajstić information content (AvgIpc) is 3.10. The van der Waals surface area contributed by atoms with Crippen LogP contribution in [-0.2, 0) is 19.1 Å². The first-order valence-corrected chi connectivity index (χ1v) is 9.15. The van der Waals surface area contributed by atoms with Crippen LogP contribution in [0.1, 0.15) is 44.8 Å². The molecule has 0 aromatic carbocycles. The van der Waals surface area contributed by atoms with E-state index in [0.717, 1.165) is 5.56 Å². The highest BCUT2D eigenvalue weighted by Gasteiger charge is 2.72. The van der Waals surface area contributed by atoms with E-state index in [2.05, 4.69) is 6.92 Å². The zero-order chi connectivity index (χ0) is 18.3. The van der Waals surface area contributed by atoms with Crippen molar-refractivity contribution in [3.05, 3.63) is 36.3 Å². The van der Waals surface area contributed by atoms with Gasteiger partial charge in [-0.2, -0.15) is 0 Å². The molecule has 0 radical (unpaired) electrons. The number of hydrogen-bond donors (Lipinski definition) is 1. The van der Waals surface area contributed by atoms with Crippen LogP contribution in [0, 0.1) is 22.7 Å². The van der Waals surface area contributed by atoms with Crippen LogP contribution >= 0.6 is 0 Å². The van der Waals surface area contributed by atoms with Crippen molar-refractivity contribution >= 4 is 11.9 Å².